The summed E-state index contributed by atoms with van der Waals surface area (Å²) in [6.07, 6.45) is 6.24. The highest BCUT2D eigenvalue weighted by Crippen LogP contribution is 2.37. The first-order valence-electron chi connectivity index (χ1n) is 6.83. The summed E-state index contributed by atoms with van der Waals surface area (Å²) in [6.45, 7) is 0. The molecule has 1 saturated carbocycles. The van der Waals surface area contributed by atoms with Gasteiger partial charge in [0, 0.05) is 11.3 Å². The van der Waals surface area contributed by atoms with Gasteiger partial charge in [-0.15, -0.1) is 22.6 Å². The van der Waals surface area contributed by atoms with Crippen LogP contribution in [0.3, 0.4) is 0 Å². The van der Waals surface area contributed by atoms with Crippen molar-refractivity contribution < 1.29 is 4.52 Å². The molecule has 0 atom stereocenters. The van der Waals surface area contributed by atoms with Gasteiger partial charge in [0.05, 0.1) is 5.54 Å². The average Bonchev–Trinajstić information content (AvgIpc) is 3.16. The van der Waals surface area contributed by atoms with E-state index in [0.717, 1.165) is 30.5 Å². The molecule has 114 valence electrons. The highest BCUT2D eigenvalue weighted by molar-refractivity contribution is 5.85. The number of hydrogen-bond donors (Lipinski definition) is 1. The monoisotopic (exact) mass is 318 g/mol. The summed E-state index contributed by atoms with van der Waals surface area (Å²) in [5, 5.41) is 11.6. The van der Waals surface area contributed by atoms with Crippen LogP contribution in [0.1, 0.15) is 25.1 Å². The van der Waals surface area contributed by atoms with Gasteiger partial charge >= 0.3 is 0 Å². The number of rotatable bonds is 3. The minimum absolute atomic E-state index is 0. The standard InChI is InChI=1S/C14H14N6O.ClH/c15-14(6-1-7-14)13-18-12(21-19-13)10-2-4-11(5-3-10)20-8-16-17-9-20;/h2-5,8-9H,1,6-7,15H2;1H. The Hall–Kier alpha value is -2.25. The molecule has 2 aromatic heterocycles. The van der Waals surface area contributed by atoms with E-state index < -0.39 is 5.54 Å². The molecule has 1 fully saturated rings. The van der Waals surface area contributed by atoms with Crippen LogP contribution in [0, 0.1) is 0 Å². The molecule has 1 aliphatic carbocycles. The molecule has 8 heteroatoms. The Morgan fingerprint density at radius 3 is 2.36 bits per heavy atom. The predicted octanol–water partition coefficient (Wildman–Crippen LogP) is 2.08. The Balaban J connectivity index is 0.00000144. The fourth-order valence-corrected chi connectivity index (χ4v) is 2.43. The molecular weight excluding hydrogens is 304 g/mol. The molecule has 0 bridgehead atoms. The van der Waals surface area contributed by atoms with Crippen molar-refractivity contribution in [3.63, 3.8) is 0 Å². The second-order valence-electron chi connectivity index (χ2n) is 5.35. The number of nitrogens with two attached hydrogens (primary N) is 1. The zero-order valence-electron chi connectivity index (χ0n) is 11.7. The molecule has 22 heavy (non-hydrogen) atoms. The molecule has 0 spiro atoms. The Kier molecular flexibility index (Phi) is 3.67. The average molecular weight is 319 g/mol. The molecular formula is C14H15ClN6O. The van der Waals surface area contributed by atoms with Crippen LogP contribution in [0.5, 0.6) is 0 Å². The maximum atomic E-state index is 6.20. The van der Waals surface area contributed by atoms with Gasteiger partial charge in [0.25, 0.3) is 5.89 Å². The molecule has 0 radical (unpaired) electrons. The number of benzene rings is 1. The summed E-state index contributed by atoms with van der Waals surface area (Å²) in [5.41, 5.74) is 7.64. The predicted molar refractivity (Wildman–Crippen MR) is 81.6 cm³/mol. The normalized spacial score (nSPS) is 15.9. The lowest BCUT2D eigenvalue weighted by Crippen LogP contribution is -2.44. The van der Waals surface area contributed by atoms with Crippen LogP contribution in [-0.4, -0.2) is 24.9 Å². The van der Waals surface area contributed by atoms with Gasteiger partial charge in [-0.3, -0.25) is 4.57 Å². The molecule has 3 aromatic rings. The summed E-state index contributed by atoms with van der Waals surface area (Å²) in [4.78, 5) is 4.43. The van der Waals surface area contributed by atoms with Crippen LogP contribution < -0.4 is 5.73 Å². The minimum Gasteiger partial charge on any atom is -0.334 e. The van der Waals surface area contributed by atoms with Crippen molar-refractivity contribution in [1.29, 1.82) is 0 Å². The second-order valence-corrected chi connectivity index (χ2v) is 5.35. The third kappa shape index (κ3) is 2.38. The lowest BCUT2D eigenvalue weighted by molar-refractivity contribution is 0.229. The first-order valence-corrected chi connectivity index (χ1v) is 6.83. The fraction of sp³-hybridized carbons (Fsp3) is 0.286. The highest BCUT2D eigenvalue weighted by Gasteiger charge is 2.39. The molecule has 0 aliphatic heterocycles. The first-order chi connectivity index (χ1) is 10.2. The fourth-order valence-electron chi connectivity index (χ4n) is 2.43. The molecule has 0 saturated heterocycles. The second kappa shape index (κ2) is 5.51. The maximum Gasteiger partial charge on any atom is 0.257 e. The smallest absolute Gasteiger partial charge is 0.257 e. The third-order valence-electron chi connectivity index (χ3n) is 3.95. The number of aromatic nitrogens is 5. The van der Waals surface area contributed by atoms with Gasteiger partial charge in [-0.25, -0.2) is 0 Å². The number of nitrogens with zero attached hydrogens (tertiary/aromatic N) is 5. The molecule has 4 rings (SSSR count). The summed E-state index contributed by atoms with van der Waals surface area (Å²) < 4.78 is 7.16. The van der Waals surface area contributed by atoms with Crippen molar-refractivity contribution in [2.45, 2.75) is 24.8 Å². The SMILES string of the molecule is Cl.NC1(c2noc(-c3ccc(-n4cnnc4)cc3)n2)CCC1. The van der Waals surface area contributed by atoms with Gasteiger partial charge in [0.1, 0.15) is 12.7 Å². The first kappa shape index (κ1) is 14.7. The van der Waals surface area contributed by atoms with Gasteiger partial charge in [-0.2, -0.15) is 4.98 Å². The van der Waals surface area contributed by atoms with E-state index in [1.807, 2.05) is 28.8 Å². The van der Waals surface area contributed by atoms with E-state index >= 15 is 0 Å². The van der Waals surface area contributed by atoms with E-state index in [0.29, 0.717) is 11.7 Å². The lowest BCUT2D eigenvalue weighted by Gasteiger charge is -2.34. The van der Waals surface area contributed by atoms with Crippen LogP contribution in [-0.2, 0) is 5.54 Å². The minimum atomic E-state index is -0.399. The van der Waals surface area contributed by atoms with E-state index in [9.17, 15) is 0 Å². The quantitative estimate of drug-likeness (QED) is 0.794. The molecule has 0 amide bonds. The van der Waals surface area contributed by atoms with Crippen molar-refractivity contribution in [3.8, 4) is 17.1 Å². The van der Waals surface area contributed by atoms with Crippen LogP contribution in [0.15, 0.2) is 41.4 Å². The van der Waals surface area contributed by atoms with E-state index in [2.05, 4.69) is 20.3 Å². The zero-order valence-corrected chi connectivity index (χ0v) is 12.5. The van der Waals surface area contributed by atoms with Crippen LogP contribution in [0.2, 0.25) is 0 Å². The maximum absolute atomic E-state index is 6.20. The van der Waals surface area contributed by atoms with Gasteiger partial charge in [-0.1, -0.05) is 5.16 Å². The largest absolute Gasteiger partial charge is 0.334 e. The van der Waals surface area contributed by atoms with E-state index in [1.165, 1.54) is 0 Å². The van der Waals surface area contributed by atoms with Gasteiger partial charge in [-0.05, 0) is 43.5 Å². The van der Waals surface area contributed by atoms with Crippen LogP contribution >= 0.6 is 12.4 Å². The van der Waals surface area contributed by atoms with Gasteiger partial charge in [0.2, 0.25) is 0 Å². The topological polar surface area (TPSA) is 95.7 Å². The lowest BCUT2D eigenvalue weighted by atomic mass is 9.77. The van der Waals surface area contributed by atoms with Crippen molar-refractivity contribution >= 4 is 12.4 Å². The zero-order chi connectivity index (χ0) is 14.3. The summed E-state index contributed by atoms with van der Waals surface area (Å²) in [7, 11) is 0. The highest BCUT2D eigenvalue weighted by atomic mass is 35.5. The van der Waals surface area contributed by atoms with E-state index in [4.69, 9.17) is 10.3 Å². The Morgan fingerprint density at radius 2 is 1.77 bits per heavy atom. The Morgan fingerprint density at radius 1 is 1.09 bits per heavy atom. The van der Waals surface area contributed by atoms with Crippen molar-refractivity contribution in [3.05, 3.63) is 42.7 Å². The third-order valence-corrected chi connectivity index (χ3v) is 3.95. The van der Waals surface area contributed by atoms with Crippen LogP contribution in [0.25, 0.3) is 17.1 Å². The van der Waals surface area contributed by atoms with Crippen molar-refractivity contribution in [1.82, 2.24) is 24.9 Å². The summed E-state index contributed by atoms with van der Waals surface area (Å²) in [5.74, 6) is 1.10. The molecule has 1 aromatic carbocycles. The molecule has 0 unspecified atom stereocenters. The molecule has 1 aliphatic rings. The molecule has 2 heterocycles. The van der Waals surface area contributed by atoms with E-state index in [-0.39, 0.29) is 12.4 Å². The number of hydrogen-bond acceptors (Lipinski definition) is 6. The van der Waals surface area contributed by atoms with E-state index in [1.54, 1.807) is 12.7 Å². The van der Waals surface area contributed by atoms with Gasteiger partial charge < -0.3 is 10.3 Å². The van der Waals surface area contributed by atoms with Crippen LogP contribution in [0.4, 0.5) is 0 Å². The van der Waals surface area contributed by atoms with Crippen molar-refractivity contribution in [2.75, 3.05) is 0 Å². The Labute approximate surface area is 133 Å². The molecule has 7 nitrogen and oxygen atoms in total. The Bertz CT molecular complexity index is 748. The molecule has 2 N–H and O–H groups in total. The summed E-state index contributed by atoms with van der Waals surface area (Å²) in [6, 6.07) is 7.75. The summed E-state index contributed by atoms with van der Waals surface area (Å²) >= 11 is 0. The van der Waals surface area contributed by atoms with Gasteiger partial charge in [0.15, 0.2) is 5.82 Å². The van der Waals surface area contributed by atoms with Crippen molar-refractivity contribution in [2.24, 2.45) is 5.73 Å². The number of halogens is 1.